The van der Waals surface area contributed by atoms with Gasteiger partial charge in [0.1, 0.15) is 0 Å². The van der Waals surface area contributed by atoms with Gasteiger partial charge in [-0.3, -0.25) is 0 Å². The Morgan fingerprint density at radius 1 is 1.50 bits per heavy atom. The van der Waals surface area contributed by atoms with Gasteiger partial charge in [0.25, 0.3) is 0 Å². The van der Waals surface area contributed by atoms with E-state index in [2.05, 4.69) is 36.0 Å². The van der Waals surface area contributed by atoms with Gasteiger partial charge in [0.2, 0.25) is 0 Å². The van der Waals surface area contributed by atoms with Crippen LogP contribution in [0.4, 0.5) is 5.69 Å². The van der Waals surface area contributed by atoms with E-state index in [1.807, 2.05) is 6.20 Å². The summed E-state index contributed by atoms with van der Waals surface area (Å²) in [5, 5.41) is 0. The number of hydrogen-bond acceptors (Lipinski definition) is 1. The van der Waals surface area contributed by atoms with E-state index in [1.54, 1.807) is 0 Å². The fraction of sp³-hybridized carbons (Fsp3) is 0.600. The number of hydrogen-bond donors (Lipinski definition) is 1. The highest BCUT2D eigenvalue weighted by Crippen LogP contribution is 2.11. The van der Waals surface area contributed by atoms with Crippen LogP contribution in [0.1, 0.15) is 26.7 Å². The lowest BCUT2D eigenvalue weighted by molar-refractivity contribution is 0.732. The molecule has 0 spiro atoms. The Bertz CT molecular complexity index is 192. The molecule has 1 N–H and O–H groups in total. The molecule has 0 bridgehead atoms. The quantitative estimate of drug-likeness (QED) is 0.710. The van der Waals surface area contributed by atoms with Crippen LogP contribution in [-0.2, 0) is 0 Å². The smallest absolute Gasteiger partial charge is 0.0878 e. The SMILES string of the molecule is CCCCN(CC)c1[c][nH]cc1. The van der Waals surface area contributed by atoms with Crippen molar-refractivity contribution >= 4 is 5.69 Å². The number of anilines is 1. The van der Waals surface area contributed by atoms with Crippen molar-refractivity contribution < 1.29 is 0 Å². The fourth-order valence-corrected chi connectivity index (χ4v) is 1.26. The summed E-state index contributed by atoms with van der Waals surface area (Å²) in [6.45, 7) is 6.60. The molecule has 1 radical (unpaired) electrons. The molecule has 67 valence electrons. The lowest BCUT2D eigenvalue weighted by atomic mass is 10.3. The lowest BCUT2D eigenvalue weighted by Gasteiger charge is -2.20. The van der Waals surface area contributed by atoms with Crippen molar-refractivity contribution in [1.82, 2.24) is 4.98 Å². The minimum atomic E-state index is 1.06. The van der Waals surface area contributed by atoms with Crippen LogP contribution in [0.15, 0.2) is 12.3 Å². The van der Waals surface area contributed by atoms with Gasteiger partial charge in [-0.15, -0.1) is 0 Å². The minimum absolute atomic E-state index is 1.06. The second-order valence-electron chi connectivity index (χ2n) is 2.92. The van der Waals surface area contributed by atoms with Gasteiger partial charge >= 0.3 is 0 Å². The third-order valence-electron chi connectivity index (χ3n) is 2.03. The molecule has 1 aromatic heterocycles. The largest absolute Gasteiger partial charge is 0.370 e. The number of unbranched alkanes of at least 4 members (excludes halogenated alkanes) is 1. The van der Waals surface area contributed by atoms with Crippen LogP contribution in [-0.4, -0.2) is 18.1 Å². The molecular formula is C10H17N2. The molecule has 2 nitrogen and oxygen atoms in total. The number of aromatic amines is 1. The van der Waals surface area contributed by atoms with E-state index in [1.165, 1.54) is 18.5 Å². The molecule has 1 heterocycles. The van der Waals surface area contributed by atoms with E-state index in [9.17, 15) is 0 Å². The van der Waals surface area contributed by atoms with E-state index in [-0.39, 0.29) is 0 Å². The molecule has 2 heteroatoms. The van der Waals surface area contributed by atoms with Crippen molar-refractivity contribution in [3.05, 3.63) is 18.5 Å². The zero-order valence-corrected chi connectivity index (χ0v) is 7.93. The molecule has 1 aromatic rings. The maximum absolute atomic E-state index is 3.10. The van der Waals surface area contributed by atoms with E-state index in [4.69, 9.17) is 0 Å². The summed E-state index contributed by atoms with van der Waals surface area (Å²) in [5.74, 6) is 0. The van der Waals surface area contributed by atoms with E-state index in [0.717, 1.165) is 13.1 Å². The number of nitrogens with one attached hydrogen (secondary N) is 1. The van der Waals surface area contributed by atoms with Gasteiger partial charge in [0.15, 0.2) is 0 Å². The molecule has 0 unspecified atom stereocenters. The van der Waals surface area contributed by atoms with E-state index < -0.39 is 0 Å². The normalized spacial score (nSPS) is 10.2. The van der Waals surface area contributed by atoms with Crippen molar-refractivity contribution in [2.24, 2.45) is 0 Å². The summed E-state index contributed by atoms with van der Waals surface area (Å²) < 4.78 is 0. The van der Waals surface area contributed by atoms with Crippen LogP contribution >= 0.6 is 0 Å². The summed E-state index contributed by atoms with van der Waals surface area (Å²) in [7, 11) is 0. The molecule has 0 atom stereocenters. The van der Waals surface area contributed by atoms with Gasteiger partial charge < -0.3 is 9.88 Å². The van der Waals surface area contributed by atoms with Gasteiger partial charge in [-0.2, -0.15) is 0 Å². The van der Waals surface area contributed by atoms with Gasteiger partial charge in [-0.05, 0) is 19.4 Å². The third-order valence-corrected chi connectivity index (χ3v) is 2.03. The Hall–Kier alpha value is -0.920. The van der Waals surface area contributed by atoms with Gasteiger partial charge in [-0.25, -0.2) is 0 Å². The minimum Gasteiger partial charge on any atom is -0.370 e. The molecule has 0 amide bonds. The van der Waals surface area contributed by atoms with Crippen LogP contribution < -0.4 is 4.90 Å². The van der Waals surface area contributed by atoms with Crippen molar-refractivity contribution in [2.45, 2.75) is 26.7 Å². The van der Waals surface area contributed by atoms with Gasteiger partial charge in [0, 0.05) is 19.3 Å². The number of rotatable bonds is 5. The van der Waals surface area contributed by atoms with Crippen molar-refractivity contribution in [3.63, 3.8) is 0 Å². The highest BCUT2D eigenvalue weighted by atomic mass is 15.1. The Labute approximate surface area is 74.6 Å². The number of nitrogens with zero attached hydrogens (tertiary/aromatic N) is 1. The Balaban J connectivity index is 2.45. The average molecular weight is 165 g/mol. The van der Waals surface area contributed by atoms with Crippen LogP contribution in [0.3, 0.4) is 0 Å². The van der Waals surface area contributed by atoms with Crippen molar-refractivity contribution in [1.29, 1.82) is 0 Å². The Morgan fingerprint density at radius 3 is 2.83 bits per heavy atom. The first-order valence-electron chi connectivity index (χ1n) is 4.68. The average Bonchev–Trinajstić information content (AvgIpc) is 2.59. The van der Waals surface area contributed by atoms with Crippen LogP contribution in [0, 0.1) is 6.20 Å². The summed E-state index contributed by atoms with van der Waals surface area (Å²) in [4.78, 5) is 5.29. The first kappa shape index (κ1) is 9.17. The van der Waals surface area contributed by atoms with Crippen molar-refractivity contribution in [3.8, 4) is 0 Å². The standard InChI is InChI=1S/C10H17N2/c1-3-5-8-12(4-2)10-6-7-11-9-10/h6-7,11H,3-5,8H2,1-2H3. The van der Waals surface area contributed by atoms with E-state index in [0.29, 0.717) is 0 Å². The second kappa shape index (κ2) is 4.86. The highest BCUT2D eigenvalue weighted by Gasteiger charge is 2.02. The topological polar surface area (TPSA) is 19.0 Å². The first-order valence-corrected chi connectivity index (χ1v) is 4.68. The third kappa shape index (κ3) is 2.29. The summed E-state index contributed by atoms with van der Waals surface area (Å²) in [5.41, 5.74) is 1.19. The van der Waals surface area contributed by atoms with Gasteiger partial charge in [0.05, 0.1) is 11.9 Å². The predicted octanol–water partition coefficient (Wildman–Crippen LogP) is 2.44. The monoisotopic (exact) mass is 165 g/mol. The fourth-order valence-electron chi connectivity index (χ4n) is 1.26. The molecule has 0 aromatic carbocycles. The highest BCUT2D eigenvalue weighted by molar-refractivity contribution is 5.42. The lowest BCUT2D eigenvalue weighted by Crippen LogP contribution is -2.23. The molecule has 0 saturated heterocycles. The molecule has 0 saturated carbocycles. The predicted molar refractivity (Wildman–Crippen MR) is 52.4 cm³/mol. The number of H-pyrrole nitrogens is 1. The maximum Gasteiger partial charge on any atom is 0.0878 e. The summed E-state index contributed by atoms with van der Waals surface area (Å²) in [6.07, 6.45) is 7.53. The molecule has 12 heavy (non-hydrogen) atoms. The zero-order chi connectivity index (χ0) is 8.81. The second-order valence-corrected chi connectivity index (χ2v) is 2.92. The van der Waals surface area contributed by atoms with Crippen LogP contribution in [0.5, 0.6) is 0 Å². The van der Waals surface area contributed by atoms with Crippen molar-refractivity contribution in [2.75, 3.05) is 18.0 Å². The molecule has 1 rings (SSSR count). The number of aromatic nitrogens is 1. The zero-order valence-electron chi connectivity index (χ0n) is 7.93. The van der Waals surface area contributed by atoms with Gasteiger partial charge in [-0.1, -0.05) is 13.3 Å². The Kier molecular flexibility index (Phi) is 3.71. The van der Waals surface area contributed by atoms with Crippen LogP contribution in [0.2, 0.25) is 0 Å². The molecule has 0 aliphatic heterocycles. The van der Waals surface area contributed by atoms with Crippen LogP contribution in [0.25, 0.3) is 0 Å². The Morgan fingerprint density at radius 2 is 2.33 bits per heavy atom. The summed E-state index contributed by atoms with van der Waals surface area (Å²) >= 11 is 0. The summed E-state index contributed by atoms with van der Waals surface area (Å²) in [6, 6.07) is 2.07. The molecule has 0 fully saturated rings. The van der Waals surface area contributed by atoms with E-state index >= 15 is 0 Å². The molecular weight excluding hydrogens is 148 g/mol. The maximum atomic E-state index is 3.10. The first-order chi connectivity index (χ1) is 5.88. The molecule has 0 aliphatic carbocycles. The molecule has 0 aliphatic rings.